The minimum atomic E-state index is -3.47. The van der Waals surface area contributed by atoms with Crippen molar-refractivity contribution in [3.05, 3.63) is 53.7 Å². The molecular formula is C21H30N4O3S+2. The number of morpholine rings is 1. The Morgan fingerprint density at radius 1 is 1.00 bits per heavy atom. The smallest absolute Gasteiger partial charge is 0.272 e. The Bertz CT molecular complexity index is 889. The van der Waals surface area contributed by atoms with Crippen LogP contribution in [0, 0.1) is 0 Å². The van der Waals surface area contributed by atoms with Crippen LogP contribution < -0.4 is 15.2 Å². The normalized spacial score (nSPS) is 18.8. The third-order valence-corrected chi connectivity index (χ3v) is 7.56. The Morgan fingerprint density at radius 3 is 2.34 bits per heavy atom. The molecule has 2 aliphatic heterocycles. The zero-order valence-corrected chi connectivity index (χ0v) is 17.5. The highest BCUT2D eigenvalue weighted by Gasteiger charge is 2.27. The third kappa shape index (κ3) is 5.14. The molecule has 0 aliphatic carbocycles. The second-order valence-electron chi connectivity index (χ2n) is 7.76. The molecule has 29 heavy (non-hydrogen) atoms. The summed E-state index contributed by atoms with van der Waals surface area (Å²) in [6, 6.07) is 12.2. The summed E-state index contributed by atoms with van der Waals surface area (Å²) in [7, 11) is -3.47. The molecule has 7 nitrogen and oxygen atoms in total. The van der Waals surface area contributed by atoms with Gasteiger partial charge < -0.3 is 9.64 Å². The molecule has 1 aromatic carbocycles. The van der Waals surface area contributed by atoms with E-state index in [9.17, 15) is 8.42 Å². The van der Waals surface area contributed by atoms with Gasteiger partial charge in [0.05, 0.1) is 26.3 Å². The van der Waals surface area contributed by atoms with Crippen LogP contribution in [0.15, 0.2) is 47.5 Å². The number of hydrogen-bond acceptors (Lipinski definition) is 4. The van der Waals surface area contributed by atoms with Gasteiger partial charge in [-0.2, -0.15) is 4.31 Å². The number of pyridine rings is 1. The van der Waals surface area contributed by atoms with Crippen LogP contribution in [0.2, 0.25) is 0 Å². The molecule has 3 heterocycles. The molecule has 156 valence electrons. The minimum Gasteiger partial charge on any atom is -0.379 e. The molecule has 2 aromatic rings. The number of quaternary nitrogens is 1. The fraction of sp³-hybridized carbons (Fsp3) is 0.476. The SMILES string of the molecule is O=S(=O)(c1ccc(NCc2ccc(C[NH+]3CCCC3)cc2)[nH+]c1)N1CCOCC1. The first-order valence-electron chi connectivity index (χ1n) is 10.4. The van der Waals surface area contributed by atoms with Crippen molar-refractivity contribution in [2.45, 2.75) is 30.8 Å². The summed E-state index contributed by atoms with van der Waals surface area (Å²) in [5, 5.41) is 3.32. The van der Waals surface area contributed by atoms with Crippen LogP contribution in [0.1, 0.15) is 24.0 Å². The number of likely N-dealkylation sites (tertiary alicyclic amines) is 1. The number of aromatic nitrogens is 1. The number of H-pyrrole nitrogens is 1. The number of sulfonamides is 1. The Hall–Kier alpha value is -2.00. The molecular weight excluding hydrogens is 388 g/mol. The van der Waals surface area contributed by atoms with E-state index in [-0.39, 0.29) is 4.90 Å². The summed E-state index contributed by atoms with van der Waals surface area (Å²) in [4.78, 5) is 5.02. The van der Waals surface area contributed by atoms with Gasteiger partial charge in [-0.15, -0.1) is 0 Å². The van der Waals surface area contributed by atoms with Gasteiger partial charge in [-0.3, -0.25) is 5.32 Å². The van der Waals surface area contributed by atoms with E-state index in [1.165, 1.54) is 41.4 Å². The number of nitrogens with one attached hydrogen (secondary N) is 3. The molecule has 4 rings (SSSR count). The number of hydrogen-bond donors (Lipinski definition) is 2. The highest BCUT2D eigenvalue weighted by Crippen LogP contribution is 2.16. The second-order valence-corrected chi connectivity index (χ2v) is 9.70. The van der Waals surface area contributed by atoms with Crippen molar-refractivity contribution in [2.24, 2.45) is 0 Å². The molecule has 3 N–H and O–H groups in total. The highest BCUT2D eigenvalue weighted by molar-refractivity contribution is 7.89. The number of nitrogens with zero attached hydrogens (tertiary/aromatic N) is 1. The van der Waals surface area contributed by atoms with E-state index >= 15 is 0 Å². The Morgan fingerprint density at radius 2 is 1.69 bits per heavy atom. The van der Waals surface area contributed by atoms with Gasteiger partial charge in [-0.25, -0.2) is 13.4 Å². The molecule has 0 atom stereocenters. The van der Waals surface area contributed by atoms with Gasteiger partial charge in [0.25, 0.3) is 5.82 Å². The Balaban J connectivity index is 1.32. The van der Waals surface area contributed by atoms with Gasteiger partial charge in [-0.05, 0) is 11.6 Å². The maximum Gasteiger partial charge on any atom is 0.272 e. The average molecular weight is 419 g/mol. The average Bonchev–Trinajstić information content (AvgIpc) is 3.27. The molecule has 2 fully saturated rings. The summed E-state index contributed by atoms with van der Waals surface area (Å²) in [5.41, 5.74) is 2.58. The van der Waals surface area contributed by atoms with Crippen LogP contribution in [0.4, 0.5) is 5.82 Å². The van der Waals surface area contributed by atoms with Crippen LogP contribution in [0.3, 0.4) is 0 Å². The van der Waals surface area contributed by atoms with Crippen molar-refractivity contribution in [1.29, 1.82) is 0 Å². The molecule has 1 aromatic heterocycles. The molecule has 2 saturated heterocycles. The number of aromatic amines is 1. The molecule has 0 unspecified atom stereocenters. The van der Waals surface area contributed by atoms with E-state index in [0.29, 0.717) is 32.8 Å². The van der Waals surface area contributed by atoms with Gasteiger partial charge in [0, 0.05) is 37.6 Å². The maximum atomic E-state index is 12.7. The molecule has 0 bridgehead atoms. The maximum absolute atomic E-state index is 12.7. The van der Waals surface area contributed by atoms with Gasteiger partial charge in [0.15, 0.2) is 0 Å². The van der Waals surface area contributed by atoms with Crippen molar-refractivity contribution >= 4 is 15.8 Å². The lowest BCUT2D eigenvalue weighted by atomic mass is 10.1. The summed E-state index contributed by atoms with van der Waals surface area (Å²) in [6.45, 7) is 6.06. The van der Waals surface area contributed by atoms with Crippen molar-refractivity contribution in [1.82, 2.24) is 4.31 Å². The summed E-state index contributed by atoms with van der Waals surface area (Å²) < 4.78 is 32.0. The first-order chi connectivity index (χ1) is 14.1. The number of rotatable bonds is 7. The van der Waals surface area contributed by atoms with Crippen molar-refractivity contribution in [2.75, 3.05) is 44.7 Å². The molecule has 0 radical (unpaired) electrons. The lowest BCUT2D eigenvalue weighted by Crippen LogP contribution is -3.08. The number of ether oxygens (including phenoxy) is 1. The van der Waals surface area contributed by atoms with Crippen LogP contribution in [0.5, 0.6) is 0 Å². The molecule has 0 spiro atoms. The Kier molecular flexibility index (Phi) is 6.44. The van der Waals surface area contributed by atoms with Crippen molar-refractivity contribution in [3.8, 4) is 0 Å². The lowest BCUT2D eigenvalue weighted by molar-refractivity contribution is -0.901. The zero-order chi connectivity index (χ0) is 20.1. The third-order valence-electron chi connectivity index (χ3n) is 5.66. The summed E-state index contributed by atoms with van der Waals surface area (Å²) in [6.07, 6.45) is 4.25. The van der Waals surface area contributed by atoms with E-state index in [4.69, 9.17) is 4.74 Å². The predicted molar refractivity (Wildman–Crippen MR) is 110 cm³/mol. The van der Waals surface area contributed by atoms with Crippen LogP contribution >= 0.6 is 0 Å². The molecule has 0 saturated carbocycles. The largest absolute Gasteiger partial charge is 0.379 e. The number of benzene rings is 1. The number of anilines is 1. The standard InChI is InChI=1S/C21H28N4O3S/c26-29(27,25-11-13-28-14-12-25)20-7-8-21(23-16-20)22-15-18-3-5-19(6-4-18)17-24-9-1-2-10-24/h3-8,16H,1-2,9-15,17H2,(H,22,23)/p+2. The lowest BCUT2D eigenvalue weighted by Gasteiger charge is -2.25. The quantitative estimate of drug-likeness (QED) is 0.679. The fourth-order valence-electron chi connectivity index (χ4n) is 3.93. The Labute approximate surface area is 172 Å². The second kappa shape index (κ2) is 9.21. The van der Waals surface area contributed by atoms with Crippen LogP contribution in [0.25, 0.3) is 0 Å². The molecule has 8 heteroatoms. The van der Waals surface area contributed by atoms with E-state index < -0.39 is 10.0 Å². The zero-order valence-electron chi connectivity index (χ0n) is 16.7. The fourth-order valence-corrected chi connectivity index (χ4v) is 5.31. The monoisotopic (exact) mass is 418 g/mol. The summed E-state index contributed by atoms with van der Waals surface area (Å²) >= 11 is 0. The highest BCUT2D eigenvalue weighted by atomic mass is 32.2. The van der Waals surface area contributed by atoms with E-state index in [0.717, 1.165) is 12.4 Å². The van der Waals surface area contributed by atoms with Gasteiger partial charge in [0.1, 0.15) is 24.2 Å². The summed E-state index contributed by atoms with van der Waals surface area (Å²) in [5.74, 6) is 0.788. The van der Waals surface area contributed by atoms with Crippen molar-refractivity contribution in [3.63, 3.8) is 0 Å². The predicted octanol–water partition coefficient (Wildman–Crippen LogP) is 0.312. The first kappa shape index (κ1) is 20.3. The first-order valence-corrected chi connectivity index (χ1v) is 11.8. The van der Waals surface area contributed by atoms with Gasteiger partial charge in [-0.1, -0.05) is 24.3 Å². The molecule has 0 amide bonds. The van der Waals surface area contributed by atoms with Crippen LogP contribution in [-0.4, -0.2) is 52.1 Å². The topological polar surface area (TPSA) is 77.2 Å². The van der Waals surface area contributed by atoms with Gasteiger partial charge in [0.2, 0.25) is 10.0 Å². The van der Waals surface area contributed by atoms with E-state index in [1.807, 2.05) is 0 Å². The van der Waals surface area contributed by atoms with Crippen molar-refractivity contribution < 1.29 is 23.0 Å². The minimum absolute atomic E-state index is 0.277. The molecule has 2 aliphatic rings. The van der Waals surface area contributed by atoms with E-state index in [1.54, 1.807) is 23.2 Å². The van der Waals surface area contributed by atoms with E-state index in [2.05, 4.69) is 34.6 Å². The van der Waals surface area contributed by atoms with Gasteiger partial charge >= 0.3 is 0 Å². The van der Waals surface area contributed by atoms with Crippen LogP contribution in [-0.2, 0) is 27.8 Å².